The van der Waals surface area contributed by atoms with E-state index in [0.717, 1.165) is 5.56 Å². The number of anilines is 1. The number of rotatable bonds is 6. The van der Waals surface area contributed by atoms with Crippen LogP contribution in [0.2, 0.25) is 0 Å². The Balaban J connectivity index is 1.90. The Labute approximate surface area is 180 Å². The average molecular weight is 424 g/mol. The summed E-state index contributed by atoms with van der Waals surface area (Å²) in [5, 5.41) is 2.76. The van der Waals surface area contributed by atoms with Crippen molar-refractivity contribution in [2.75, 3.05) is 18.5 Å². The molecule has 0 spiro atoms. The van der Waals surface area contributed by atoms with Crippen LogP contribution in [0.5, 0.6) is 0 Å². The number of nitrogens with zero attached hydrogens (tertiary/aromatic N) is 1. The molecule has 1 atom stereocenters. The monoisotopic (exact) mass is 424 g/mol. The van der Waals surface area contributed by atoms with Crippen molar-refractivity contribution in [1.82, 2.24) is 4.90 Å². The van der Waals surface area contributed by atoms with E-state index < -0.39 is 17.7 Å². The fraction of sp³-hybridized carbons (Fsp3) is 0.292. The molecule has 3 rings (SSSR count). The van der Waals surface area contributed by atoms with Crippen LogP contribution in [-0.2, 0) is 19.1 Å². The second-order valence-electron chi connectivity index (χ2n) is 7.43. The fourth-order valence-corrected chi connectivity index (χ4v) is 3.67. The first-order valence-electron chi connectivity index (χ1n) is 10.1. The lowest BCUT2D eigenvalue weighted by molar-refractivity contribution is -0.140. The van der Waals surface area contributed by atoms with Crippen LogP contribution in [0.15, 0.2) is 59.8 Å². The summed E-state index contributed by atoms with van der Waals surface area (Å²) in [6, 6.07) is 13.1. The Morgan fingerprint density at radius 3 is 2.52 bits per heavy atom. The van der Waals surface area contributed by atoms with E-state index >= 15 is 0 Å². The van der Waals surface area contributed by atoms with Crippen molar-refractivity contribution in [3.8, 4) is 0 Å². The molecule has 162 valence electrons. The molecule has 0 fully saturated rings. The summed E-state index contributed by atoms with van der Waals surface area (Å²) in [6.07, 6.45) is -0.0627. The van der Waals surface area contributed by atoms with Crippen LogP contribution >= 0.6 is 0 Å². The molecule has 2 amide bonds. The minimum absolute atomic E-state index is 0.0627. The predicted molar refractivity (Wildman–Crippen MR) is 115 cm³/mol. The number of ether oxygens (including phenoxy) is 1. The van der Waals surface area contributed by atoms with Gasteiger partial charge in [0.15, 0.2) is 0 Å². The lowest BCUT2D eigenvalue weighted by atomic mass is 9.83. The summed E-state index contributed by atoms with van der Waals surface area (Å²) in [5.41, 5.74) is 2.79. The van der Waals surface area contributed by atoms with Crippen LogP contribution in [0.1, 0.15) is 37.3 Å². The van der Waals surface area contributed by atoms with Crippen molar-refractivity contribution >= 4 is 23.5 Å². The normalized spacial score (nSPS) is 16.3. The average Bonchev–Trinajstić information content (AvgIpc) is 2.72. The lowest BCUT2D eigenvalue weighted by Gasteiger charge is -2.34. The van der Waals surface area contributed by atoms with Gasteiger partial charge in [0.2, 0.25) is 11.8 Å². The van der Waals surface area contributed by atoms with Crippen LogP contribution in [0.25, 0.3) is 0 Å². The molecule has 1 N–H and O–H groups in total. The SMILES string of the molecule is CCOC(=O)C1=C(C)N(CC(=O)Nc2ccc(C)cc2)C(=O)CC1c1cccc(F)c1. The van der Waals surface area contributed by atoms with Gasteiger partial charge in [0, 0.05) is 23.7 Å². The van der Waals surface area contributed by atoms with Gasteiger partial charge in [-0.15, -0.1) is 0 Å². The Kier molecular flexibility index (Phi) is 6.84. The maximum absolute atomic E-state index is 13.8. The lowest BCUT2D eigenvalue weighted by Crippen LogP contribution is -2.42. The minimum Gasteiger partial charge on any atom is -0.463 e. The molecule has 1 heterocycles. The van der Waals surface area contributed by atoms with Gasteiger partial charge in [0.25, 0.3) is 0 Å². The Morgan fingerprint density at radius 2 is 1.87 bits per heavy atom. The van der Waals surface area contributed by atoms with Gasteiger partial charge in [-0.05, 0) is 50.6 Å². The van der Waals surface area contributed by atoms with Crippen molar-refractivity contribution in [2.24, 2.45) is 0 Å². The summed E-state index contributed by atoms with van der Waals surface area (Å²) in [7, 11) is 0. The van der Waals surface area contributed by atoms with Gasteiger partial charge < -0.3 is 15.0 Å². The van der Waals surface area contributed by atoms with Crippen LogP contribution in [0.3, 0.4) is 0 Å². The van der Waals surface area contributed by atoms with Crippen molar-refractivity contribution < 1.29 is 23.5 Å². The molecule has 0 radical (unpaired) electrons. The van der Waals surface area contributed by atoms with E-state index in [2.05, 4.69) is 5.32 Å². The third kappa shape index (κ3) is 5.17. The largest absolute Gasteiger partial charge is 0.463 e. The highest BCUT2D eigenvalue weighted by Gasteiger charge is 2.37. The van der Waals surface area contributed by atoms with Crippen molar-refractivity contribution in [3.63, 3.8) is 0 Å². The number of allylic oxidation sites excluding steroid dienone is 1. The molecule has 7 heteroatoms. The molecular weight excluding hydrogens is 399 g/mol. The molecular formula is C24H25FN2O4. The fourth-order valence-electron chi connectivity index (χ4n) is 3.67. The van der Waals surface area contributed by atoms with Crippen LogP contribution in [0, 0.1) is 12.7 Å². The van der Waals surface area contributed by atoms with Crippen LogP contribution in [-0.4, -0.2) is 35.8 Å². The minimum atomic E-state index is -0.640. The second kappa shape index (κ2) is 9.55. The molecule has 0 saturated heterocycles. The van der Waals surface area contributed by atoms with E-state index in [1.807, 2.05) is 19.1 Å². The van der Waals surface area contributed by atoms with Gasteiger partial charge in [-0.2, -0.15) is 0 Å². The molecule has 2 aromatic carbocycles. The number of hydrogen-bond donors (Lipinski definition) is 1. The number of carbonyl (C=O) groups is 3. The third-order valence-electron chi connectivity index (χ3n) is 5.21. The molecule has 2 aromatic rings. The molecule has 6 nitrogen and oxygen atoms in total. The summed E-state index contributed by atoms with van der Waals surface area (Å²) in [5.74, 6) is -2.38. The van der Waals surface area contributed by atoms with Crippen molar-refractivity contribution in [3.05, 3.63) is 76.7 Å². The number of hydrogen-bond acceptors (Lipinski definition) is 4. The summed E-state index contributed by atoms with van der Waals surface area (Å²) < 4.78 is 19.0. The van der Waals surface area contributed by atoms with E-state index in [9.17, 15) is 18.8 Å². The number of carbonyl (C=O) groups excluding carboxylic acids is 3. The Hall–Kier alpha value is -3.48. The molecule has 1 aliphatic heterocycles. The second-order valence-corrected chi connectivity index (χ2v) is 7.43. The van der Waals surface area contributed by atoms with Gasteiger partial charge >= 0.3 is 5.97 Å². The molecule has 1 unspecified atom stereocenters. The van der Waals surface area contributed by atoms with E-state index in [0.29, 0.717) is 16.9 Å². The van der Waals surface area contributed by atoms with Gasteiger partial charge in [-0.1, -0.05) is 29.8 Å². The summed E-state index contributed by atoms with van der Waals surface area (Å²) in [4.78, 5) is 39.5. The quantitative estimate of drug-likeness (QED) is 0.713. The molecule has 0 aliphatic carbocycles. The topological polar surface area (TPSA) is 75.7 Å². The van der Waals surface area contributed by atoms with E-state index in [4.69, 9.17) is 4.74 Å². The van der Waals surface area contributed by atoms with E-state index in [1.54, 1.807) is 32.0 Å². The van der Waals surface area contributed by atoms with Gasteiger partial charge in [0.05, 0.1) is 12.2 Å². The van der Waals surface area contributed by atoms with Crippen molar-refractivity contribution in [1.29, 1.82) is 0 Å². The number of aryl methyl sites for hydroxylation is 1. The molecule has 0 saturated carbocycles. The van der Waals surface area contributed by atoms with E-state index in [-0.39, 0.29) is 37.0 Å². The maximum atomic E-state index is 13.8. The van der Waals surface area contributed by atoms with Gasteiger partial charge in [-0.25, -0.2) is 9.18 Å². The highest BCUT2D eigenvalue weighted by Crippen LogP contribution is 2.37. The number of benzene rings is 2. The zero-order chi connectivity index (χ0) is 22.5. The highest BCUT2D eigenvalue weighted by molar-refractivity contribution is 5.99. The zero-order valence-corrected chi connectivity index (χ0v) is 17.8. The molecule has 1 aliphatic rings. The van der Waals surface area contributed by atoms with Crippen LogP contribution in [0.4, 0.5) is 10.1 Å². The maximum Gasteiger partial charge on any atom is 0.336 e. The Bertz CT molecular complexity index is 1030. The third-order valence-corrected chi connectivity index (χ3v) is 5.21. The van der Waals surface area contributed by atoms with E-state index in [1.165, 1.54) is 23.1 Å². The predicted octanol–water partition coefficient (Wildman–Crippen LogP) is 3.93. The molecule has 0 bridgehead atoms. The Morgan fingerprint density at radius 1 is 1.16 bits per heavy atom. The number of halogens is 1. The summed E-state index contributed by atoms with van der Waals surface area (Å²) >= 11 is 0. The first kappa shape index (κ1) is 22.2. The smallest absolute Gasteiger partial charge is 0.336 e. The zero-order valence-electron chi connectivity index (χ0n) is 17.8. The van der Waals surface area contributed by atoms with Crippen molar-refractivity contribution in [2.45, 2.75) is 33.1 Å². The first-order chi connectivity index (χ1) is 14.8. The number of esters is 1. The molecule has 0 aromatic heterocycles. The van der Waals surface area contributed by atoms with Gasteiger partial charge in [0.1, 0.15) is 12.4 Å². The first-order valence-corrected chi connectivity index (χ1v) is 10.1. The highest BCUT2D eigenvalue weighted by atomic mass is 19.1. The number of amides is 2. The standard InChI is InChI=1S/C24H25FN2O4/c1-4-31-24(30)23-16(3)27(14-21(28)26-19-10-8-15(2)9-11-19)22(29)13-20(23)17-6-5-7-18(25)12-17/h5-12,20H,4,13-14H2,1-3H3,(H,26,28). The van der Waals surface area contributed by atoms with Gasteiger partial charge in [-0.3, -0.25) is 9.59 Å². The summed E-state index contributed by atoms with van der Waals surface area (Å²) in [6.45, 7) is 5.16. The molecule has 31 heavy (non-hydrogen) atoms. The number of nitrogens with one attached hydrogen (secondary N) is 1. The van der Waals surface area contributed by atoms with Crippen LogP contribution < -0.4 is 5.32 Å².